The third kappa shape index (κ3) is 7.48. The van der Waals surface area contributed by atoms with Gasteiger partial charge in [-0.25, -0.2) is 9.37 Å². The van der Waals surface area contributed by atoms with Crippen molar-refractivity contribution in [2.45, 2.75) is 29.2 Å². The molecule has 0 spiro atoms. The van der Waals surface area contributed by atoms with E-state index in [9.17, 15) is 22.8 Å². The van der Waals surface area contributed by atoms with E-state index in [0.717, 1.165) is 6.20 Å². The lowest BCUT2D eigenvalue weighted by Gasteiger charge is -2.35. The van der Waals surface area contributed by atoms with Crippen LogP contribution in [0.1, 0.15) is 22.5 Å². The first-order valence-electron chi connectivity index (χ1n) is 14.2. The molecule has 0 saturated carbocycles. The molecule has 3 aliphatic heterocycles. The number of anilines is 2. The number of hydrogen-bond acceptors (Lipinski definition) is 9. The molecule has 2 aromatic heterocycles. The molecule has 2 amide bonds. The second-order valence-electron chi connectivity index (χ2n) is 10.2. The van der Waals surface area contributed by atoms with E-state index in [4.69, 9.17) is 10.5 Å². The van der Waals surface area contributed by atoms with Crippen molar-refractivity contribution in [2.75, 3.05) is 50.5 Å². The number of imidazole rings is 1. The number of nitrogens with one attached hydrogen (secondary N) is 3. The molecular formula is C30H30F4N8O3S. The van der Waals surface area contributed by atoms with Crippen LogP contribution in [0.5, 0.6) is 5.75 Å². The van der Waals surface area contributed by atoms with E-state index < -0.39 is 29.5 Å². The number of ether oxygens (including phenoxy) is 1. The molecule has 3 aromatic rings. The van der Waals surface area contributed by atoms with Crippen molar-refractivity contribution in [1.29, 1.82) is 0 Å². The lowest BCUT2D eigenvalue weighted by molar-refractivity contribution is -0.128. The molecule has 6 rings (SSSR count). The van der Waals surface area contributed by atoms with E-state index in [0.29, 0.717) is 22.7 Å². The van der Waals surface area contributed by atoms with E-state index in [1.807, 2.05) is 0 Å². The van der Waals surface area contributed by atoms with Crippen LogP contribution in [-0.2, 0) is 4.79 Å². The number of carbonyl (C=O) groups is 2. The summed E-state index contributed by atoms with van der Waals surface area (Å²) in [6.45, 7) is 0.252. The summed E-state index contributed by atoms with van der Waals surface area (Å²) in [6.07, 6.45) is 2.51. The van der Waals surface area contributed by atoms with Gasteiger partial charge in [0.2, 0.25) is 0 Å². The van der Waals surface area contributed by atoms with Crippen LogP contribution in [0.25, 0.3) is 5.65 Å². The maximum atomic E-state index is 15.4. The van der Waals surface area contributed by atoms with Crippen LogP contribution in [0.3, 0.4) is 0 Å². The molecule has 6 bridgehead atoms. The predicted molar refractivity (Wildman–Crippen MR) is 167 cm³/mol. The third-order valence-electron chi connectivity index (χ3n) is 7.21. The minimum atomic E-state index is -4.63. The topological polar surface area (TPSA) is 138 Å². The normalized spacial score (nSPS) is 20.5. The molecule has 242 valence electrons. The lowest BCUT2D eigenvalue weighted by atomic mass is 10.0. The Hall–Kier alpha value is -4.91. The minimum absolute atomic E-state index is 0.0108. The number of amides is 2. The largest absolute Gasteiger partial charge is 0.495 e. The Balaban J connectivity index is 1.52. The van der Waals surface area contributed by atoms with Crippen LogP contribution in [0.2, 0.25) is 0 Å². The number of hydrogen-bond donors (Lipinski definition) is 4. The van der Waals surface area contributed by atoms with Crippen LogP contribution in [0, 0.1) is 11.8 Å². The van der Waals surface area contributed by atoms with Crippen molar-refractivity contribution in [2.24, 2.45) is 10.7 Å². The molecule has 2 atom stereocenters. The molecule has 0 radical (unpaired) electrons. The van der Waals surface area contributed by atoms with Gasteiger partial charge in [-0.15, -0.1) is 0 Å². The van der Waals surface area contributed by atoms with Crippen molar-refractivity contribution < 1.29 is 31.9 Å². The molecular weight excluding hydrogens is 628 g/mol. The zero-order valence-electron chi connectivity index (χ0n) is 24.5. The standard InChI is InChI=1S/C30H30F4N8O3S/c1-45-25-7-6-18-14-24(25)37-9-2-4-23-29(46-30(32,33)34)42-12-3-5-22(26(42)40-23)39-21-8-13-41(17-20(21)31)28(44)19(15-35)16-36-10-11-38-27(18)43/h3,5-7,12,14-16,20-21,37,39H,8-11,13,17,35H2,1H3,(H,38,43)/b19-15+,36-16?. The minimum Gasteiger partial charge on any atom is -0.495 e. The molecule has 5 N–H and O–H groups in total. The van der Waals surface area contributed by atoms with Gasteiger partial charge < -0.3 is 31.3 Å². The third-order valence-corrected chi connectivity index (χ3v) is 8.02. The van der Waals surface area contributed by atoms with Crippen molar-refractivity contribution in [1.82, 2.24) is 19.6 Å². The van der Waals surface area contributed by atoms with Crippen LogP contribution >= 0.6 is 11.8 Å². The summed E-state index contributed by atoms with van der Waals surface area (Å²) >= 11 is -0.354. The van der Waals surface area contributed by atoms with Gasteiger partial charge in [-0.2, -0.15) is 13.2 Å². The molecule has 1 saturated heterocycles. The number of carbonyl (C=O) groups excluding carboxylic acids is 2. The highest BCUT2D eigenvalue weighted by molar-refractivity contribution is 8.00. The fourth-order valence-corrected chi connectivity index (χ4v) is 5.66. The predicted octanol–water partition coefficient (Wildman–Crippen LogP) is 3.43. The second kappa shape index (κ2) is 14.0. The summed E-state index contributed by atoms with van der Waals surface area (Å²) in [7, 11) is 1.45. The number of piperidine rings is 1. The Morgan fingerprint density at radius 3 is 2.76 bits per heavy atom. The van der Waals surface area contributed by atoms with E-state index in [1.54, 1.807) is 24.3 Å². The molecule has 3 aliphatic rings. The summed E-state index contributed by atoms with van der Waals surface area (Å²) in [6, 6.07) is 7.09. The lowest BCUT2D eigenvalue weighted by Crippen LogP contribution is -2.50. The highest BCUT2D eigenvalue weighted by Gasteiger charge is 2.35. The average Bonchev–Trinajstić information content (AvgIpc) is 3.37. The van der Waals surface area contributed by atoms with Crippen LogP contribution in [0.15, 0.2) is 58.3 Å². The molecule has 1 fully saturated rings. The number of fused-ring (bicyclic) bond motifs is 10. The van der Waals surface area contributed by atoms with Gasteiger partial charge in [0.25, 0.3) is 11.8 Å². The Bertz CT molecular complexity index is 1750. The van der Waals surface area contributed by atoms with Crippen LogP contribution < -0.4 is 26.4 Å². The van der Waals surface area contributed by atoms with E-state index in [2.05, 4.69) is 37.8 Å². The van der Waals surface area contributed by atoms with Gasteiger partial charge in [-0.05, 0) is 42.7 Å². The maximum Gasteiger partial charge on any atom is 0.447 e. The highest BCUT2D eigenvalue weighted by Crippen LogP contribution is 2.39. The number of benzene rings is 1. The summed E-state index contributed by atoms with van der Waals surface area (Å²) in [5.74, 6) is 5.03. The van der Waals surface area contributed by atoms with Gasteiger partial charge in [0.1, 0.15) is 22.6 Å². The van der Waals surface area contributed by atoms with Gasteiger partial charge in [0.15, 0.2) is 5.65 Å². The zero-order chi connectivity index (χ0) is 32.8. The first-order chi connectivity index (χ1) is 22.1. The average molecular weight is 659 g/mol. The first kappa shape index (κ1) is 32.5. The second-order valence-corrected chi connectivity index (χ2v) is 11.3. The van der Waals surface area contributed by atoms with E-state index in [1.165, 1.54) is 34.9 Å². The fraction of sp³-hybridized carbons (Fsp3) is 0.333. The Labute approximate surface area is 265 Å². The smallest absolute Gasteiger partial charge is 0.447 e. The molecule has 1 aromatic carbocycles. The Kier molecular flexibility index (Phi) is 9.90. The maximum absolute atomic E-state index is 15.4. The number of methoxy groups -OCH3 is 1. The quantitative estimate of drug-likeness (QED) is 0.142. The number of thioether (sulfide) groups is 1. The summed E-state index contributed by atoms with van der Waals surface area (Å²) < 4.78 is 62.9. The number of alkyl halides is 4. The number of aromatic nitrogens is 2. The first-order valence-corrected chi connectivity index (χ1v) is 15.0. The molecule has 5 heterocycles. The number of halogens is 4. The van der Waals surface area contributed by atoms with Crippen molar-refractivity contribution >= 4 is 46.8 Å². The monoisotopic (exact) mass is 658 g/mol. The van der Waals surface area contributed by atoms with Gasteiger partial charge in [0, 0.05) is 49.0 Å². The number of nitrogens with zero attached hydrogens (tertiary/aromatic N) is 4. The van der Waals surface area contributed by atoms with Crippen LogP contribution in [-0.4, -0.2) is 89.9 Å². The van der Waals surface area contributed by atoms with Gasteiger partial charge >= 0.3 is 5.51 Å². The summed E-state index contributed by atoms with van der Waals surface area (Å²) in [5.41, 5.74) is 2.18. The van der Waals surface area contributed by atoms with E-state index >= 15 is 4.39 Å². The number of nitrogens with two attached hydrogens (primary N) is 1. The molecule has 0 aliphatic carbocycles. The van der Waals surface area contributed by atoms with Gasteiger partial charge in [0.05, 0.1) is 49.7 Å². The number of rotatable bonds is 2. The number of aliphatic imine (C=N–C) groups is 1. The SMILES string of the molecule is COc1ccc2cc1NCC#Cc1nc3c(cccn3c1SC(F)(F)F)NC1CCN(CC1F)C(=O)/C(=C/N)C=NCCNC2=O. The molecule has 46 heavy (non-hydrogen) atoms. The van der Waals surface area contributed by atoms with Crippen molar-refractivity contribution in [3.8, 4) is 17.6 Å². The van der Waals surface area contributed by atoms with E-state index in [-0.39, 0.29) is 72.8 Å². The summed E-state index contributed by atoms with van der Waals surface area (Å²) in [5, 5.41) is 8.59. The summed E-state index contributed by atoms with van der Waals surface area (Å²) in [4.78, 5) is 35.8. The van der Waals surface area contributed by atoms with Gasteiger partial charge in [-0.1, -0.05) is 5.92 Å². The fourth-order valence-electron chi connectivity index (χ4n) is 5.00. The van der Waals surface area contributed by atoms with Crippen molar-refractivity contribution in [3.05, 3.63) is 59.6 Å². The number of pyridine rings is 1. The molecule has 11 nitrogen and oxygen atoms in total. The molecule has 16 heteroatoms. The van der Waals surface area contributed by atoms with Crippen LogP contribution in [0.4, 0.5) is 28.9 Å². The van der Waals surface area contributed by atoms with Crippen molar-refractivity contribution in [3.63, 3.8) is 0 Å². The Morgan fingerprint density at radius 1 is 1.20 bits per heavy atom. The molecule has 2 unspecified atom stereocenters. The Morgan fingerprint density at radius 2 is 2.02 bits per heavy atom. The van der Waals surface area contributed by atoms with Gasteiger partial charge in [-0.3, -0.25) is 19.0 Å². The highest BCUT2D eigenvalue weighted by atomic mass is 32.2. The zero-order valence-corrected chi connectivity index (χ0v) is 25.3.